The normalized spacial score (nSPS) is 11.4. The Balaban J connectivity index is 2.07. The number of carbonyl (C=O) groups excluding carboxylic acids is 4. The summed E-state index contributed by atoms with van der Waals surface area (Å²) in [5, 5.41) is 8.07. The van der Waals surface area contributed by atoms with Gasteiger partial charge in [0.25, 0.3) is 5.91 Å². The maximum atomic E-state index is 12.7. The number of nitrogen functional groups attached to an aromatic ring is 1. The first-order chi connectivity index (χ1) is 18.3. The Morgan fingerprint density at radius 2 is 1.56 bits per heavy atom. The van der Waals surface area contributed by atoms with Crippen molar-refractivity contribution in [3.05, 3.63) is 70.8 Å². The van der Waals surface area contributed by atoms with E-state index < -0.39 is 36.0 Å². The Hall–Kier alpha value is -4.51. The van der Waals surface area contributed by atoms with E-state index in [0.29, 0.717) is 21.9 Å². The van der Waals surface area contributed by atoms with Crippen molar-refractivity contribution in [1.29, 1.82) is 5.41 Å². The lowest BCUT2D eigenvalue weighted by atomic mass is 10.1. The van der Waals surface area contributed by atoms with E-state index in [9.17, 15) is 19.2 Å². The van der Waals surface area contributed by atoms with Crippen LogP contribution in [-0.4, -0.2) is 60.6 Å². The van der Waals surface area contributed by atoms with E-state index in [2.05, 4.69) is 0 Å². The van der Waals surface area contributed by atoms with Gasteiger partial charge in [-0.2, -0.15) is 5.06 Å². The number of benzene rings is 2. The number of nitrogens with zero attached hydrogens (tertiary/aromatic N) is 1. The average Bonchev–Trinajstić information content (AvgIpc) is 2.86. The first kappa shape index (κ1) is 30.7. The number of rotatable bonds is 10. The lowest BCUT2D eigenvalue weighted by molar-refractivity contribution is -0.201. The molecular formula is C28H33N3O8. The lowest BCUT2D eigenvalue weighted by Crippen LogP contribution is -2.40. The molecule has 208 valence electrons. The molecule has 2 aromatic carbocycles. The molecule has 0 aliphatic carbocycles. The summed E-state index contributed by atoms with van der Waals surface area (Å²) >= 11 is 0. The number of hydrogen-bond donors (Lipinski definition) is 2. The highest BCUT2D eigenvalue weighted by molar-refractivity contribution is 5.96. The molecule has 0 spiro atoms. The third-order valence-corrected chi connectivity index (χ3v) is 4.91. The van der Waals surface area contributed by atoms with E-state index >= 15 is 0 Å². The van der Waals surface area contributed by atoms with Gasteiger partial charge in [-0.1, -0.05) is 12.1 Å². The van der Waals surface area contributed by atoms with E-state index in [4.69, 9.17) is 30.2 Å². The molecule has 11 nitrogen and oxygen atoms in total. The molecule has 0 heterocycles. The fraction of sp³-hybridized carbons (Fsp3) is 0.321. The monoisotopic (exact) mass is 539 g/mol. The lowest BCUT2D eigenvalue weighted by Gasteiger charge is -2.24. The third-order valence-electron chi connectivity index (χ3n) is 4.91. The minimum Gasteiger partial charge on any atom is -0.459 e. The predicted molar refractivity (Wildman–Crippen MR) is 143 cm³/mol. The van der Waals surface area contributed by atoms with Gasteiger partial charge in [-0.25, -0.2) is 14.4 Å². The summed E-state index contributed by atoms with van der Waals surface area (Å²) in [6.45, 7) is 6.03. The number of amidine groups is 1. The number of hydroxylamine groups is 2. The Kier molecular flexibility index (Phi) is 10.9. The van der Waals surface area contributed by atoms with Crippen LogP contribution in [0.4, 0.5) is 0 Å². The van der Waals surface area contributed by atoms with Crippen LogP contribution < -0.4 is 10.5 Å². The van der Waals surface area contributed by atoms with Crippen molar-refractivity contribution in [3.63, 3.8) is 0 Å². The molecule has 0 radical (unpaired) electrons. The minimum atomic E-state index is -0.846. The van der Waals surface area contributed by atoms with Gasteiger partial charge in [0.2, 0.25) is 0 Å². The Bertz CT molecular complexity index is 1230. The van der Waals surface area contributed by atoms with E-state index in [-0.39, 0.29) is 30.0 Å². The number of methoxy groups -OCH3 is 1. The van der Waals surface area contributed by atoms with Gasteiger partial charge in [-0.15, -0.1) is 0 Å². The van der Waals surface area contributed by atoms with Crippen molar-refractivity contribution in [2.24, 2.45) is 5.73 Å². The zero-order valence-corrected chi connectivity index (χ0v) is 22.6. The van der Waals surface area contributed by atoms with Gasteiger partial charge in [0.1, 0.15) is 17.2 Å². The highest BCUT2D eigenvalue weighted by Gasteiger charge is 2.26. The van der Waals surface area contributed by atoms with Crippen LogP contribution in [0.15, 0.2) is 54.1 Å². The fourth-order valence-corrected chi connectivity index (χ4v) is 3.04. The minimum absolute atomic E-state index is 0.0779. The molecule has 0 fully saturated rings. The van der Waals surface area contributed by atoms with Crippen LogP contribution in [-0.2, 0) is 28.7 Å². The number of esters is 2. The SMILES string of the molecule is COCCC(=O)N(CC(=O)OC(C)(C)C)OC(=O)C(C)=Cc1ccc(C(=O)Oc2ccc(C(=N)N)cc2)cc1. The van der Waals surface area contributed by atoms with Crippen LogP contribution in [0, 0.1) is 5.41 Å². The maximum absolute atomic E-state index is 12.7. The number of amides is 1. The molecule has 0 saturated heterocycles. The van der Waals surface area contributed by atoms with E-state index in [0.717, 1.165) is 0 Å². The highest BCUT2D eigenvalue weighted by atomic mass is 16.7. The Morgan fingerprint density at radius 1 is 0.974 bits per heavy atom. The Labute approximate surface area is 226 Å². The van der Waals surface area contributed by atoms with Crippen LogP contribution >= 0.6 is 0 Å². The fourth-order valence-electron chi connectivity index (χ4n) is 3.04. The second-order valence-corrected chi connectivity index (χ2v) is 9.42. The van der Waals surface area contributed by atoms with Gasteiger partial charge in [0.15, 0.2) is 6.54 Å². The van der Waals surface area contributed by atoms with Crippen molar-refractivity contribution in [2.75, 3.05) is 20.3 Å². The molecule has 0 aliphatic heterocycles. The first-order valence-corrected chi connectivity index (χ1v) is 12.0. The largest absolute Gasteiger partial charge is 0.459 e. The summed E-state index contributed by atoms with van der Waals surface area (Å²) in [4.78, 5) is 55.0. The molecular weight excluding hydrogens is 506 g/mol. The molecule has 0 saturated carbocycles. The molecule has 0 unspecified atom stereocenters. The summed E-state index contributed by atoms with van der Waals surface area (Å²) in [7, 11) is 1.42. The van der Waals surface area contributed by atoms with Crippen molar-refractivity contribution >= 4 is 35.7 Å². The zero-order chi connectivity index (χ0) is 29.2. The number of nitrogens with two attached hydrogens (primary N) is 1. The van der Waals surface area contributed by atoms with Gasteiger partial charge < -0.3 is 24.8 Å². The molecule has 0 aromatic heterocycles. The Morgan fingerprint density at radius 3 is 2.10 bits per heavy atom. The number of carbonyl (C=O) groups is 4. The van der Waals surface area contributed by atoms with Crippen LogP contribution in [0.3, 0.4) is 0 Å². The van der Waals surface area contributed by atoms with Crippen molar-refractivity contribution in [1.82, 2.24) is 5.06 Å². The second-order valence-electron chi connectivity index (χ2n) is 9.42. The smallest absolute Gasteiger partial charge is 0.359 e. The van der Waals surface area contributed by atoms with Gasteiger partial charge in [0, 0.05) is 18.2 Å². The van der Waals surface area contributed by atoms with E-state index in [1.165, 1.54) is 44.4 Å². The van der Waals surface area contributed by atoms with Gasteiger partial charge >= 0.3 is 17.9 Å². The number of hydrogen-bond acceptors (Lipinski definition) is 9. The van der Waals surface area contributed by atoms with Crippen molar-refractivity contribution in [2.45, 2.75) is 39.7 Å². The molecule has 39 heavy (non-hydrogen) atoms. The van der Waals surface area contributed by atoms with E-state index in [1.807, 2.05) is 0 Å². The molecule has 0 aliphatic rings. The van der Waals surface area contributed by atoms with Crippen molar-refractivity contribution in [3.8, 4) is 5.75 Å². The third kappa shape index (κ3) is 10.4. The average molecular weight is 540 g/mol. The van der Waals surface area contributed by atoms with Gasteiger partial charge in [0.05, 0.1) is 18.6 Å². The highest BCUT2D eigenvalue weighted by Crippen LogP contribution is 2.16. The molecule has 0 bridgehead atoms. The summed E-state index contributed by atoms with van der Waals surface area (Å²) < 4.78 is 15.4. The van der Waals surface area contributed by atoms with Crippen LogP contribution in [0.2, 0.25) is 0 Å². The summed E-state index contributed by atoms with van der Waals surface area (Å²) in [5.74, 6) is -2.60. The van der Waals surface area contributed by atoms with Crippen LogP contribution in [0.5, 0.6) is 5.75 Å². The molecule has 3 N–H and O–H groups in total. The summed E-state index contributed by atoms with van der Waals surface area (Å²) in [6, 6.07) is 12.5. The molecule has 2 aromatic rings. The predicted octanol–water partition coefficient (Wildman–Crippen LogP) is 3.26. The first-order valence-electron chi connectivity index (χ1n) is 12.0. The summed E-state index contributed by atoms with van der Waals surface area (Å²) in [5.41, 5.74) is 6.14. The summed E-state index contributed by atoms with van der Waals surface area (Å²) in [6.07, 6.45) is 1.40. The molecule has 2 rings (SSSR count). The second kappa shape index (κ2) is 13.9. The van der Waals surface area contributed by atoms with Gasteiger partial charge in [-0.3, -0.25) is 10.2 Å². The molecule has 1 amide bonds. The van der Waals surface area contributed by atoms with E-state index in [1.54, 1.807) is 45.0 Å². The maximum Gasteiger partial charge on any atom is 0.359 e. The topological polar surface area (TPSA) is 158 Å². The zero-order valence-electron chi connectivity index (χ0n) is 22.6. The number of ether oxygens (including phenoxy) is 3. The van der Waals surface area contributed by atoms with Crippen molar-refractivity contribution < 1.29 is 38.2 Å². The quantitative estimate of drug-likeness (QED) is 0.115. The molecule has 0 atom stereocenters. The van der Waals surface area contributed by atoms with Crippen LogP contribution in [0.1, 0.15) is 55.6 Å². The van der Waals surface area contributed by atoms with Crippen LogP contribution in [0.25, 0.3) is 6.08 Å². The standard InChI is InChI=1S/C28H33N3O8/c1-18(26(34)39-31(23(32)14-15-36-5)17-24(33)38-28(2,3)4)16-19-6-8-21(9-7-19)27(35)37-22-12-10-20(11-13-22)25(29)30/h6-13,16H,14-15,17H2,1-5H3,(H3,29,30). The molecule has 11 heteroatoms. The number of nitrogens with one attached hydrogen (secondary N) is 1. The van der Waals surface area contributed by atoms with Gasteiger partial charge in [-0.05, 0) is 75.7 Å².